The lowest BCUT2D eigenvalue weighted by atomic mass is 9.65. The van der Waals surface area contributed by atoms with Gasteiger partial charge in [0.05, 0.1) is 23.2 Å². The summed E-state index contributed by atoms with van der Waals surface area (Å²) in [7, 11) is 0. The van der Waals surface area contributed by atoms with Crippen LogP contribution in [0.15, 0.2) is 18.2 Å². The number of fused-ring (bicyclic) bond motifs is 2. The van der Waals surface area contributed by atoms with Crippen LogP contribution in [0, 0.1) is 11.8 Å². The van der Waals surface area contributed by atoms with Crippen LogP contribution in [0.5, 0.6) is 5.75 Å². The molecular formula is C18H20O5. The SMILES string of the molecule is CC(C)(C)O[C@@H]1CC(=O)C[C@@H]2C(=O)c3cccc(O)c3C(=O)[C@@H]21. The predicted octanol–water partition coefficient (Wildman–Crippen LogP) is 2.55. The molecule has 0 saturated heterocycles. The van der Waals surface area contributed by atoms with Crippen molar-refractivity contribution in [3.63, 3.8) is 0 Å². The Labute approximate surface area is 134 Å². The van der Waals surface area contributed by atoms with Gasteiger partial charge >= 0.3 is 0 Å². The topological polar surface area (TPSA) is 80.7 Å². The van der Waals surface area contributed by atoms with Crippen molar-refractivity contribution < 1.29 is 24.2 Å². The van der Waals surface area contributed by atoms with Crippen LogP contribution in [0.3, 0.4) is 0 Å². The van der Waals surface area contributed by atoms with Crippen LogP contribution in [0.2, 0.25) is 0 Å². The minimum absolute atomic E-state index is 0.0638. The number of ketones is 3. The van der Waals surface area contributed by atoms with Crippen LogP contribution in [-0.4, -0.2) is 34.2 Å². The van der Waals surface area contributed by atoms with Crippen LogP contribution < -0.4 is 0 Å². The van der Waals surface area contributed by atoms with Crippen molar-refractivity contribution in [1.82, 2.24) is 0 Å². The van der Waals surface area contributed by atoms with E-state index in [2.05, 4.69) is 0 Å². The fraction of sp³-hybridized carbons (Fsp3) is 0.500. The van der Waals surface area contributed by atoms with Crippen molar-refractivity contribution in [2.45, 2.75) is 45.3 Å². The van der Waals surface area contributed by atoms with Crippen LogP contribution >= 0.6 is 0 Å². The van der Waals surface area contributed by atoms with E-state index in [0.29, 0.717) is 0 Å². The lowest BCUT2D eigenvalue weighted by Gasteiger charge is -2.41. The Bertz CT molecular complexity index is 698. The van der Waals surface area contributed by atoms with Crippen molar-refractivity contribution >= 4 is 17.3 Å². The number of hydrogen-bond donors (Lipinski definition) is 1. The fourth-order valence-corrected chi connectivity index (χ4v) is 3.61. The average Bonchev–Trinajstić information content (AvgIpc) is 2.42. The number of rotatable bonds is 1. The minimum Gasteiger partial charge on any atom is -0.507 e. The summed E-state index contributed by atoms with van der Waals surface area (Å²) in [5, 5.41) is 10.0. The van der Waals surface area contributed by atoms with Gasteiger partial charge in [0.2, 0.25) is 0 Å². The molecule has 0 amide bonds. The Kier molecular flexibility index (Phi) is 3.64. The first-order valence-electron chi connectivity index (χ1n) is 7.79. The molecule has 0 unspecified atom stereocenters. The van der Waals surface area contributed by atoms with Crippen molar-refractivity contribution in [3.05, 3.63) is 29.3 Å². The van der Waals surface area contributed by atoms with Crippen LogP contribution in [-0.2, 0) is 9.53 Å². The van der Waals surface area contributed by atoms with Crippen molar-refractivity contribution in [3.8, 4) is 5.75 Å². The third-order valence-corrected chi connectivity index (χ3v) is 4.41. The lowest BCUT2D eigenvalue weighted by molar-refractivity contribution is -0.137. The first-order valence-corrected chi connectivity index (χ1v) is 7.79. The molecule has 0 heterocycles. The molecular weight excluding hydrogens is 296 g/mol. The normalized spacial score (nSPS) is 27.6. The van der Waals surface area contributed by atoms with Gasteiger partial charge in [0, 0.05) is 24.3 Å². The molecule has 23 heavy (non-hydrogen) atoms. The number of carbonyl (C=O) groups excluding carboxylic acids is 3. The van der Waals surface area contributed by atoms with Gasteiger partial charge in [-0.15, -0.1) is 0 Å². The first-order chi connectivity index (χ1) is 10.7. The van der Waals surface area contributed by atoms with Gasteiger partial charge in [-0.1, -0.05) is 12.1 Å². The Morgan fingerprint density at radius 3 is 2.43 bits per heavy atom. The molecule has 2 aliphatic rings. The maximum absolute atomic E-state index is 12.9. The zero-order valence-electron chi connectivity index (χ0n) is 13.5. The molecule has 1 aromatic carbocycles. The number of aromatic hydroxyl groups is 1. The van der Waals surface area contributed by atoms with E-state index in [9.17, 15) is 19.5 Å². The van der Waals surface area contributed by atoms with Gasteiger partial charge in [0.15, 0.2) is 11.6 Å². The number of Topliss-reactive ketones (excluding diaryl/α,β-unsaturated/α-hetero) is 3. The Morgan fingerprint density at radius 2 is 1.78 bits per heavy atom. The molecule has 3 atom stereocenters. The molecule has 0 spiro atoms. The molecule has 3 rings (SSSR count). The highest BCUT2D eigenvalue weighted by molar-refractivity contribution is 6.18. The highest BCUT2D eigenvalue weighted by atomic mass is 16.5. The average molecular weight is 316 g/mol. The zero-order chi connectivity index (χ0) is 16.9. The van der Waals surface area contributed by atoms with Gasteiger partial charge in [0.1, 0.15) is 11.5 Å². The van der Waals surface area contributed by atoms with E-state index in [1.807, 2.05) is 20.8 Å². The van der Waals surface area contributed by atoms with Gasteiger partial charge in [-0.25, -0.2) is 0 Å². The largest absolute Gasteiger partial charge is 0.507 e. The summed E-state index contributed by atoms with van der Waals surface area (Å²) in [4.78, 5) is 37.7. The maximum atomic E-state index is 12.9. The molecule has 1 saturated carbocycles. The molecule has 0 radical (unpaired) electrons. The molecule has 0 bridgehead atoms. The maximum Gasteiger partial charge on any atom is 0.173 e. The summed E-state index contributed by atoms with van der Waals surface area (Å²) in [6.45, 7) is 5.55. The van der Waals surface area contributed by atoms with Gasteiger partial charge in [-0.3, -0.25) is 14.4 Å². The van der Waals surface area contributed by atoms with Crippen LogP contribution in [0.25, 0.3) is 0 Å². The Morgan fingerprint density at radius 1 is 1.09 bits per heavy atom. The van der Waals surface area contributed by atoms with E-state index in [1.54, 1.807) is 0 Å². The molecule has 5 heteroatoms. The van der Waals surface area contributed by atoms with Gasteiger partial charge in [-0.2, -0.15) is 0 Å². The smallest absolute Gasteiger partial charge is 0.173 e. The first kappa shape index (κ1) is 15.9. The predicted molar refractivity (Wildman–Crippen MR) is 82.6 cm³/mol. The van der Waals surface area contributed by atoms with E-state index < -0.39 is 23.5 Å². The molecule has 0 aromatic heterocycles. The van der Waals surface area contributed by atoms with E-state index >= 15 is 0 Å². The molecule has 5 nitrogen and oxygen atoms in total. The highest BCUT2D eigenvalue weighted by Gasteiger charge is 2.51. The molecule has 1 aromatic rings. The quantitative estimate of drug-likeness (QED) is 0.861. The summed E-state index contributed by atoms with van der Waals surface area (Å²) in [6, 6.07) is 4.47. The van der Waals surface area contributed by atoms with Gasteiger partial charge in [0.25, 0.3) is 0 Å². The second kappa shape index (κ2) is 5.27. The molecule has 1 fully saturated rings. The summed E-state index contributed by atoms with van der Waals surface area (Å²) < 4.78 is 5.92. The number of ether oxygens (including phenoxy) is 1. The van der Waals surface area contributed by atoms with Crippen molar-refractivity contribution in [2.24, 2.45) is 11.8 Å². The molecule has 0 aliphatic heterocycles. The Balaban J connectivity index is 2.09. The third kappa shape index (κ3) is 2.70. The highest BCUT2D eigenvalue weighted by Crippen LogP contribution is 2.43. The summed E-state index contributed by atoms with van der Waals surface area (Å²) in [6.07, 6.45) is -0.445. The number of hydrogen-bond acceptors (Lipinski definition) is 5. The third-order valence-electron chi connectivity index (χ3n) is 4.41. The summed E-state index contributed by atoms with van der Waals surface area (Å²) in [5.41, 5.74) is -0.258. The Hall–Kier alpha value is -2.01. The number of phenolic OH excluding ortho intramolecular Hbond substituents is 1. The number of carbonyl (C=O) groups is 3. The van der Waals surface area contributed by atoms with Crippen molar-refractivity contribution in [2.75, 3.05) is 0 Å². The standard InChI is InChI=1S/C18H20O5/c1-18(2,3)23-13-8-9(19)7-11-15(13)17(22)14-10(16(11)21)5-4-6-12(14)20/h4-6,11,13,15,20H,7-8H2,1-3H3/t11-,13+,15-/m0/s1. The number of benzene rings is 1. The summed E-state index contributed by atoms with van der Waals surface area (Å²) in [5.74, 6) is -2.21. The molecule has 2 aliphatic carbocycles. The van der Waals surface area contributed by atoms with E-state index in [-0.39, 0.29) is 47.1 Å². The van der Waals surface area contributed by atoms with Gasteiger partial charge < -0.3 is 9.84 Å². The monoisotopic (exact) mass is 316 g/mol. The summed E-state index contributed by atoms with van der Waals surface area (Å²) >= 11 is 0. The second-order valence-electron chi connectivity index (χ2n) is 7.28. The number of phenols is 1. The zero-order valence-corrected chi connectivity index (χ0v) is 13.5. The van der Waals surface area contributed by atoms with Gasteiger partial charge in [-0.05, 0) is 26.8 Å². The molecule has 122 valence electrons. The van der Waals surface area contributed by atoms with Crippen LogP contribution in [0.1, 0.15) is 54.3 Å². The fourth-order valence-electron chi connectivity index (χ4n) is 3.61. The van der Waals surface area contributed by atoms with Crippen LogP contribution in [0.4, 0.5) is 0 Å². The lowest BCUT2D eigenvalue weighted by Crippen LogP contribution is -2.50. The van der Waals surface area contributed by atoms with E-state index in [1.165, 1.54) is 18.2 Å². The van der Waals surface area contributed by atoms with E-state index in [0.717, 1.165) is 0 Å². The minimum atomic E-state index is -0.708. The van der Waals surface area contributed by atoms with Crippen molar-refractivity contribution in [1.29, 1.82) is 0 Å². The second-order valence-corrected chi connectivity index (χ2v) is 7.28. The van der Waals surface area contributed by atoms with E-state index in [4.69, 9.17) is 4.74 Å². The molecule has 1 N–H and O–H groups in total.